The lowest BCUT2D eigenvalue weighted by Crippen LogP contribution is -2.05. The number of carboxylic acids is 1. The predicted molar refractivity (Wildman–Crippen MR) is 170 cm³/mol. The van der Waals surface area contributed by atoms with E-state index in [-0.39, 0.29) is 23.5 Å². The highest BCUT2D eigenvalue weighted by Gasteiger charge is 2.21. The molecular formula is C32H29N5O7. The van der Waals surface area contributed by atoms with E-state index in [0.717, 1.165) is 45.6 Å². The Bertz CT molecular complexity index is 2180. The molecule has 224 valence electrons. The van der Waals surface area contributed by atoms with Crippen LogP contribution in [0.3, 0.4) is 0 Å². The summed E-state index contributed by atoms with van der Waals surface area (Å²) >= 11 is 0. The molecule has 7 aromatic rings. The van der Waals surface area contributed by atoms with Crippen LogP contribution in [0.4, 0.5) is 5.69 Å². The molecule has 3 heterocycles. The maximum atomic E-state index is 11.8. The van der Waals surface area contributed by atoms with Crippen molar-refractivity contribution in [1.82, 2.24) is 9.97 Å². The van der Waals surface area contributed by atoms with Gasteiger partial charge in [-0.25, -0.2) is 9.78 Å². The molecule has 0 atom stereocenters. The number of esters is 1. The fourth-order valence-corrected chi connectivity index (χ4v) is 4.59. The smallest absolute Gasteiger partial charge is 0.376 e. The van der Waals surface area contributed by atoms with Gasteiger partial charge in [0.25, 0.3) is 11.5 Å². The first-order chi connectivity index (χ1) is 21.2. The number of hydrogen-bond donors (Lipinski definition) is 5. The molecule has 0 bridgehead atoms. The van der Waals surface area contributed by atoms with Gasteiger partial charge in [0.1, 0.15) is 16.7 Å². The highest BCUT2D eigenvalue weighted by molar-refractivity contribution is 6.17. The summed E-state index contributed by atoms with van der Waals surface area (Å²) in [6, 6.07) is 23.4. The van der Waals surface area contributed by atoms with E-state index in [9.17, 15) is 9.59 Å². The van der Waals surface area contributed by atoms with Gasteiger partial charge in [0, 0.05) is 6.92 Å². The second-order valence-corrected chi connectivity index (χ2v) is 9.08. The first kappa shape index (κ1) is 30.8. The van der Waals surface area contributed by atoms with E-state index in [0.29, 0.717) is 22.4 Å². The summed E-state index contributed by atoms with van der Waals surface area (Å²) in [6.07, 6.45) is 2.15. The number of furan rings is 2. The number of aliphatic carboxylic acids is 1. The fraction of sp³-hybridized carbons (Fsp3) is 0.0938. The fourth-order valence-electron chi connectivity index (χ4n) is 4.59. The number of carboxylic acid groups (broad SMARTS) is 1. The summed E-state index contributed by atoms with van der Waals surface area (Å²) in [5.41, 5.74) is 12.7. The molecule has 0 aliphatic rings. The van der Waals surface area contributed by atoms with Crippen molar-refractivity contribution in [3.05, 3.63) is 95.2 Å². The summed E-state index contributed by atoms with van der Waals surface area (Å²) in [4.78, 5) is 39.2. The average molecular weight is 596 g/mol. The lowest BCUT2D eigenvalue weighted by atomic mass is 10.1. The second-order valence-electron chi connectivity index (χ2n) is 9.08. The van der Waals surface area contributed by atoms with E-state index in [1.165, 1.54) is 6.33 Å². The van der Waals surface area contributed by atoms with Gasteiger partial charge in [0.15, 0.2) is 0 Å². The number of ether oxygens (including phenoxy) is 1. The minimum atomic E-state index is -0.833. The van der Waals surface area contributed by atoms with Crippen molar-refractivity contribution in [2.45, 2.75) is 13.8 Å². The molecule has 12 heteroatoms. The molecule has 0 unspecified atom stereocenters. The Morgan fingerprint density at radius 1 is 0.955 bits per heavy atom. The number of anilines is 1. The number of rotatable bonds is 2. The number of aromatic nitrogens is 2. The number of hydrogen-bond acceptors (Lipinski definition) is 9. The van der Waals surface area contributed by atoms with Crippen LogP contribution >= 0.6 is 0 Å². The molecule has 0 fully saturated rings. The van der Waals surface area contributed by atoms with Gasteiger partial charge in [0.2, 0.25) is 11.3 Å². The van der Waals surface area contributed by atoms with Gasteiger partial charge in [-0.3, -0.25) is 15.0 Å². The Morgan fingerprint density at radius 2 is 1.48 bits per heavy atom. The van der Waals surface area contributed by atoms with Gasteiger partial charge in [0.05, 0.1) is 35.7 Å². The van der Waals surface area contributed by atoms with Crippen LogP contribution in [0.2, 0.25) is 0 Å². The molecule has 44 heavy (non-hydrogen) atoms. The molecule has 3 aromatic heterocycles. The predicted octanol–water partition coefficient (Wildman–Crippen LogP) is 5.81. The topological polar surface area (TPSA) is 212 Å². The molecule has 0 saturated heterocycles. The van der Waals surface area contributed by atoms with Crippen molar-refractivity contribution < 1.29 is 28.3 Å². The first-order valence-electron chi connectivity index (χ1n) is 13.3. The number of nitrogens with zero attached hydrogens (tertiary/aromatic N) is 1. The van der Waals surface area contributed by atoms with Crippen molar-refractivity contribution in [1.29, 1.82) is 5.41 Å². The van der Waals surface area contributed by atoms with Gasteiger partial charge >= 0.3 is 5.97 Å². The minimum Gasteiger partial charge on any atom is -0.481 e. The number of nitrogen functional groups attached to an aromatic ring is 1. The largest absolute Gasteiger partial charge is 0.481 e. The summed E-state index contributed by atoms with van der Waals surface area (Å²) in [5, 5.41) is 19.1. The van der Waals surface area contributed by atoms with E-state index >= 15 is 0 Å². The quantitative estimate of drug-likeness (QED) is 0.0919. The SMILES string of the molecule is CC(=O)O.CCOC(=O)c1oc2ccc3ccccc3c2c1N.N=CN.O=c1[nH]cnc2c1oc1ccc3ccccc3c12. The van der Waals surface area contributed by atoms with E-state index in [2.05, 4.69) is 15.7 Å². The van der Waals surface area contributed by atoms with Gasteiger partial charge in [-0.1, -0.05) is 60.7 Å². The van der Waals surface area contributed by atoms with Gasteiger partial charge in [-0.15, -0.1) is 0 Å². The zero-order valence-corrected chi connectivity index (χ0v) is 23.8. The van der Waals surface area contributed by atoms with Crippen LogP contribution in [0.1, 0.15) is 24.4 Å². The highest BCUT2D eigenvalue weighted by Crippen LogP contribution is 2.35. The van der Waals surface area contributed by atoms with Crippen LogP contribution in [0.15, 0.2) is 92.8 Å². The van der Waals surface area contributed by atoms with E-state index in [4.69, 9.17) is 34.6 Å². The van der Waals surface area contributed by atoms with Crippen molar-refractivity contribution in [2.24, 2.45) is 5.73 Å². The van der Waals surface area contributed by atoms with E-state index in [1.54, 1.807) is 6.92 Å². The van der Waals surface area contributed by atoms with Crippen LogP contribution in [-0.2, 0) is 9.53 Å². The molecule has 0 spiro atoms. The Kier molecular flexibility index (Phi) is 9.56. The zero-order valence-electron chi connectivity index (χ0n) is 23.8. The normalized spacial score (nSPS) is 10.3. The number of H-pyrrole nitrogens is 1. The summed E-state index contributed by atoms with van der Waals surface area (Å²) in [5.74, 6) is -1.28. The Labute approximate surface area is 249 Å². The standard InChI is InChI=1S/C15H13NO3.C14H8N2O2.C2H4O2.CH4N2/c1-2-18-15(17)14-13(16)12-10-6-4-3-5-9(10)7-8-11(12)19-14;17-14-13-12(15-7-16-14)11-9-4-2-1-3-8(9)5-6-10(11)18-13;1-2(3)4;2-1-3/h3-8H,2,16H2,1H3;1-7H,(H,15,16,17);1H3,(H,3,4);1H,(H3,2,3). The third-order valence-electron chi connectivity index (χ3n) is 6.23. The minimum absolute atomic E-state index is 0.0770. The lowest BCUT2D eigenvalue weighted by molar-refractivity contribution is -0.134. The van der Waals surface area contributed by atoms with E-state index in [1.807, 2.05) is 72.8 Å². The average Bonchev–Trinajstić information content (AvgIpc) is 3.57. The molecular weight excluding hydrogens is 566 g/mol. The van der Waals surface area contributed by atoms with Crippen molar-refractivity contribution in [2.75, 3.05) is 12.3 Å². The number of benzene rings is 4. The van der Waals surface area contributed by atoms with Crippen LogP contribution in [0.5, 0.6) is 0 Å². The second kappa shape index (κ2) is 13.7. The Morgan fingerprint density at radius 3 is 2.05 bits per heavy atom. The van der Waals surface area contributed by atoms with Crippen molar-refractivity contribution >= 4 is 78.5 Å². The molecule has 0 saturated carbocycles. The van der Waals surface area contributed by atoms with Crippen LogP contribution in [0.25, 0.3) is 54.6 Å². The molecule has 0 amide bonds. The number of carbonyl (C=O) groups is 2. The highest BCUT2D eigenvalue weighted by atomic mass is 16.5. The number of carbonyl (C=O) groups excluding carboxylic acids is 1. The zero-order chi connectivity index (χ0) is 31.8. The number of nitrogens with one attached hydrogen (secondary N) is 2. The van der Waals surface area contributed by atoms with Gasteiger partial charge < -0.3 is 35.1 Å². The Hall–Kier alpha value is -6.17. The van der Waals surface area contributed by atoms with E-state index < -0.39 is 11.9 Å². The Balaban J connectivity index is 0.000000167. The maximum Gasteiger partial charge on any atom is 0.376 e. The van der Waals surface area contributed by atoms with Gasteiger partial charge in [-0.05, 0) is 40.6 Å². The molecule has 0 aliphatic heterocycles. The molecule has 0 aliphatic carbocycles. The van der Waals surface area contributed by atoms with Gasteiger partial charge in [-0.2, -0.15) is 0 Å². The summed E-state index contributed by atoms with van der Waals surface area (Å²) in [7, 11) is 0. The van der Waals surface area contributed by atoms with Crippen molar-refractivity contribution in [3.63, 3.8) is 0 Å². The third kappa shape index (κ3) is 6.34. The maximum absolute atomic E-state index is 11.8. The lowest BCUT2D eigenvalue weighted by Gasteiger charge is -1.99. The number of nitrogens with two attached hydrogens (primary N) is 2. The third-order valence-corrected chi connectivity index (χ3v) is 6.23. The van der Waals surface area contributed by atoms with Crippen LogP contribution in [0, 0.1) is 5.41 Å². The van der Waals surface area contributed by atoms with Crippen LogP contribution in [-0.4, -0.2) is 40.0 Å². The monoisotopic (exact) mass is 595 g/mol. The summed E-state index contributed by atoms with van der Waals surface area (Å²) < 4.78 is 16.0. The first-order valence-corrected chi connectivity index (χ1v) is 13.3. The van der Waals surface area contributed by atoms with Crippen LogP contribution < -0.4 is 17.0 Å². The molecule has 7 rings (SSSR count). The number of aromatic amines is 1. The number of fused-ring (bicyclic) bond motifs is 8. The molecule has 7 N–H and O–H groups in total. The molecule has 12 nitrogen and oxygen atoms in total. The molecule has 0 radical (unpaired) electrons. The van der Waals surface area contributed by atoms with Crippen molar-refractivity contribution in [3.8, 4) is 0 Å². The molecule has 4 aromatic carbocycles. The summed E-state index contributed by atoms with van der Waals surface area (Å²) in [6.45, 7) is 3.11.